The van der Waals surface area contributed by atoms with Crippen LogP contribution in [-0.4, -0.2) is 34.3 Å². The number of hydrogen-bond donors (Lipinski definition) is 1. The van der Waals surface area contributed by atoms with Crippen molar-refractivity contribution in [3.05, 3.63) is 12.3 Å². The van der Waals surface area contributed by atoms with Crippen LogP contribution in [0.15, 0.2) is 12.3 Å². The van der Waals surface area contributed by atoms with E-state index in [1.165, 1.54) is 64.6 Å². The quantitative estimate of drug-likeness (QED) is 0.907. The van der Waals surface area contributed by atoms with Crippen molar-refractivity contribution in [2.75, 3.05) is 25.4 Å². The maximum absolute atomic E-state index is 5.62. The van der Waals surface area contributed by atoms with Crippen LogP contribution in [0.1, 0.15) is 44.9 Å². The zero-order valence-corrected chi connectivity index (χ0v) is 11.9. The van der Waals surface area contributed by atoms with E-state index < -0.39 is 0 Å². The minimum absolute atomic E-state index is 0.626. The molecule has 3 rings (SSSR count). The number of piperidine rings is 1. The number of rotatable bonds is 4. The van der Waals surface area contributed by atoms with Crippen molar-refractivity contribution in [1.29, 1.82) is 0 Å². The lowest BCUT2D eigenvalue weighted by Crippen LogP contribution is -2.39. The first-order valence-corrected chi connectivity index (χ1v) is 7.77. The highest BCUT2D eigenvalue weighted by Crippen LogP contribution is 2.45. The van der Waals surface area contributed by atoms with E-state index in [0.717, 1.165) is 12.0 Å². The molecular formula is C15H26N4. The highest BCUT2D eigenvalue weighted by atomic mass is 15.3. The van der Waals surface area contributed by atoms with Crippen LogP contribution in [-0.2, 0) is 6.54 Å². The molecule has 2 N–H and O–H groups in total. The van der Waals surface area contributed by atoms with E-state index in [2.05, 4.69) is 10.00 Å². The Bertz CT molecular complexity index is 396. The van der Waals surface area contributed by atoms with Gasteiger partial charge in [-0.2, -0.15) is 5.10 Å². The molecule has 0 bridgehead atoms. The Morgan fingerprint density at radius 3 is 2.47 bits per heavy atom. The van der Waals surface area contributed by atoms with Crippen molar-refractivity contribution in [2.45, 2.75) is 51.5 Å². The summed E-state index contributed by atoms with van der Waals surface area (Å²) in [7, 11) is 0. The maximum atomic E-state index is 5.62. The Morgan fingerprint density at radius 1 is 1.11 bits per heavy atom. The number of nitrogens with zero attached hydrogens (tertiary/aromatic N) is 3. The number of aromatic nitrogens is 2. The SMILES string of the molecule is Nc1ccn(CCCN2CCC3(CCCC3)CC2)n1. The highest BCUT2D eigenvalue weighted by Gasteiger charge is 2.36. The normalized spacial score (nSPS) is 23.2. The number of nitrogens with two attached hydrogens (primary N) is 1. The lowest BCUT2D eigenvalue weighted by molar-refractivity contribution is 0.106. The summed E-state index contributed by atoms with van der Waals surface area (Å²) in [6.07, 6.45) is 11.9. The van der Waals surface area contributed by atoms with Gasteiger partial charge in [-0.3, -0.25) is 4.68 Å². The van der Waals surface area contributed by atoms with Gasteiger partial charge in [0.15, 0.2) is 0 Å². The zero-order chi connectivity index (χ0) is 13.1. The summed E-state index contributed by atoms with van der Waals surface area (Å²) >= 11 is 0. The van der Waals surface area contributed by atoms with Crippen LogP contribution in [0.2, 0.25) is 0 Å². The average molecular weight is 262 g/mol. The summed E-state index contributed by atoms with van der Waals surface area (Å²) in [5.74, 6) is 0.626. The van der Waals surface area contributed by atoms with Crippen LogP contribution >= 0.6 is 0 Å². The topological polar surface area (TPSA) is 47.1 Å². The summed E-state index contributed by atoms with van der Waals surface area (Å²) in [6.45, 7) is 4.80. The third kappa shape index (κ3) is 3.11. The number of hydrogen-bond acceptors (Lipinski definition) is 3. The fraction of sp³-hybridized carbons (Fsp3) is 0.800. The molecule has 1 aliphatic heterocycles. The van der Waals surface area contributed by atoms with Crippen LogP contribution in [0.3, 0.4) is 0 Å². The minimum atomic E-state index is 0.626. The lowest BCUT2D eigenvalue weighted by Gasteiger charge is -2.39. The van der Waals surface area contributed by atoms with Crippen molar-refractivity contribution in [3.8, 4) is 0 Å². The molecule has 0 radical (unpaired) electrons. The molecule has 19 heavy (non-hydrogen) atoms. The molecule has 1 aliphatic carbocycles. The van der Waals surface area contributed by atoms with Crippen molar-refractivity contribution < 1.29 is 0 Å². The molecule has 0 unspecified atom stereocenters. The minimum Gasteiger partial charge on any atom is -0.382 e. The monoisotopic (exact) mass is 262 g/mol. The van der Waals surface area contributed by atoms with Gasteiger partial charge in [0.2, 0.25) is 0 Å². The van der Waals surface area contributed by atoms with E-state index in [1.54, 1.807) is 0 Å². The predicted octanol–water partition coefficient (Wildman–Crippen LogP) is 2.51. The van der Waals surface area contributed by atoms with Crippen molar-refractivity contribution >= 4 is 5.82 Å². The third-order valence-electron chi connectivity index (χ3n) is 5.10. The van der Waals surface area contributed by atoms with Gasteiger partial charge in [-0.15, -0.1) is 0 Å². The molecule has 0 atom stereocenters. The van der Waals surface area contributed by atoms with Gasteiger partial charge in [0.05, 0.1) is 0 Å². The highest BCUT2D eigenvalue weighted by molar-refractivity contribution is 5.23. The van der Waals surface area contributed by atoms with Gasteiger partial charge in [0, 0.05) is 12.7 Å². The van der Waals surface area contributed by atoms with E-state index in [4.69, 9.17) is 5.73 Å². The molecule has 0 amide bonds. The second kappa shape index (κ2) is 5.53. The summed E-state index contributed by atoms with van der Waals surface area (Å²) in [5.41, 5.74) is 6.36. The molecule has 2 aliphatic rings. The Balaban J connectivity index is 1.38. The molecule has 106 valence electrons. The largest absolute Gasteiger partial charge is 0.382 e. The van der Waals surface area contributed by atoms with Crippen LogP contribution in [0.5, 0.6) is 0 Å². The standard InChI is InChI=1S/C15H26N4/c16-14-4-11-19(17-14)10-3-9-18-12-7-15(8-13-18)5-1-2-6-15/h4,11H,1-3,5-10,12-13H2,(H2,16,17). The van der Waals surface area contributed by atoms with Gasteiger partial charge >= 0.3 is 0 Å². The van der Waals surface area contributed by atoms with Gasteiger partial charge in [-0.05, 0) is 63.2 Å². The number of likely N-dealkylation sites (tertiary alicyclic amines) is 1. The van der Waals surface area contributed by atoms with Crippen LogP contribution < -0.4 is 5.73 Å². The Morgan fingerprint density at radius 2 is 1.84 bits per heavy atom. The smallest absolute Gasteiger partial charge is 0.145 e. The molecule has 1 saturated carbocycles. The number of nitrogen functional groups attached to an aromatic ring is 1. The average Bonchev–Trinajstić information content (AvgIpc) is 3.02. The van der Waals surface area contributed by atoms with E-state index in [1.807, 2.05) is 16.9 Å². The molecule has 1 spiro atoms. The molecule has 1 aromatic rings. The molecule has 4 nitrogen and oxygen atoms in total. The molecule has 2 fully saturated rings. The fourth-order valence-corrected chi connectivity index (χ4v) is 3.83. The second-order valence-corrected chi connectivity index (χ2v) is 6.41. The Labute approximate surface area is 116 Å². The lowest BCUT2D eigenvalue weighted by atomic mass is 9.77. The first-order valence-electron chi connectivity index (χ1n) is 7.77. The van der Waals surface area contributed by atoms with Gasteiger partial charge in [0.1, 0.15) is 5.82 Å². The summed E-state index contributed by atoms with van der Waals surface area (Å²) in [5, 5.41) is 4.23. The maximum Gasteiger partial charge on any atom is 0.145 e. The fourth-order valence-electron chi connectivity index (χ4n) is 3.83. The summed E-state index contributed by atoms with van der Waals surface area (Å²) in [4.78, 5) is 2.64. The van der Waals surface area contributed by atoms with E-state index in [9.17, 15) is 0 Å². The molecule has 0 aromatic carbocycles. The van der Waals surface area contributed by atoms with Gasteiger partial charge in [0.25, 0.3) is 0 Å². The molecule has 1 saturated heterocycles. The van der Waals surface area contributed by atoms with E-state index >= 15 is 0 Å². The summed E-state index contributed by atoms with van der Waals surface area (Å²) < 4.78 is 1.96. The van der Waals surface area contributed by atoms with Crippen molar-refractivity contribution in [3.63, 3.8) is 0 Å². The van der Waals surface area contributed by atoms with Crippen LogP contribution in [0.4, 0.5) is 5.82 Å². The second-order valence-electron chi connectivity index (χ2n) is 6.41. The number of anilines is 1. The van der Waals surface area contributed by atoms with E-state index in [-0.39, 0.29) is 0 Å². The molecular weight excluding hydrogens is 236 g/mol. The molecule has 4 heteroatoms. The Hall–Kier alpha value is -1.03. The molecule has 1 aromatic heterocycles. The number of aryl methyl sites for hydroxylation is 1. The van der Waals surface area contributed by atoms with Crippen molar-refractivity contribution in [2.24, 2.45) is 5.41 Å². The van der Waals surface area contributed by atoms with Gasteiger partial charge in [-0.1, -0.05) is 12.8 Å². The summed E-state index contributed by atoms with van der Waals surface area (Å²) in [6, 6.07) is 1.87. The third-order valence-corrected chi connectivity index (χ3v) is 5.10. The van der Waals surface area contributed by atoms with E-state index in [0.29, 0.717) is 5.82 Å². The first kappa shape index (κ1) is 13.0. The van der Waals surface area contributed by atoms with Crippen molar-refractivity contribution in [1.82, 2.24) is 14.7 Å². The Kier molecular flexibility index (Phi) is 3.78. The van der Waals surface area contributed by atoms with Gasteiger partial charge < -0.3 is 10.6 Å². The predicted molar refractivity (Wildman–Crippen MR) is 77.8 cm³/mol. The van der Waals surface area contributed by atoms with Crippen LogP contribution in [0, 0.1) is 5.41 Å². The first-order chi connectivity index (χ1) is 9.26. The zero-order valence-electron chi connectivity index (χ0n) is 11.9. The van der Waals surface area contributed by atoms with Crippen LogP contribution in [0.25, 0.3) is 0 Å². The van der Waals surface area contributed by atoms with Gasteiger partial charge in [-0.25, -0.2) is 0 Å². The molecule has 2 heterocycles.